The molecule has 0 spiro atoms. The molecule has 0 aliphatic rings. The summed E-state index contributed by atoms with van der Waals surface area (Å²) >= 11 is 4.74. The summed E-state index contributed by atoms with van der Waals surface area (Å²) in [5.74, 6) is 4.24. The number of hydrogen-bond acceptors (Lipinski definition) is 5. The van der Waals surface area contributed by atoms with Crippen molar-refractivity contribution in [2.24, 2.45) is 0 Å². The van der Waals surface area contributed by atoms with Gasteiger partial charge in [-0.15, -0.1) is 0 Å². The number of aromatic nitrogens is 4. The Labute approximate surface area is 81.2 Å². The molecule has 0 bridgehead atoms. The predicted molar refractivity (Wildman–Crippen MR) is 49.1 cm³/mol. The molecule has 8 heteroatoms. The highest BCUT2D eigenvalue weighted by molar-refractivity contribution is 7.71. The van der Waals surface area contributed by atoms with Gasteiger partial charge < -0.3 is 10.8 Å². The van der Waals surface area contributed by atoms with Crippen LogP contribution in [0.25, 0.3) is 11.2 Å². The van der Waals surface area contributed by atoms with Crippen molar-refractivity contribution < 1.29 is 4.39 Å². The SMILES string of the molecule is Nn1cc2nc(F)c(=O)[nH]c2nc1=S. The second kappa shape index (κ2) is 2.84. The number of H-pyrrole nitrogens is 1. The molecule has 2 rings (SSSR count). The molecule has 0 saturated carbocycles. The third-order valence-electron chi connectivity index (χ3n) is 1.57. The zero-order valence-corrected chi connectivity index (χ0v) is 7.51. The van der Waals surface area contributed by atoms with Crippen molar-refractivity contribution in [2.75, 3.05) is 5.84 Å². The number of nitrogen functional groups attached to an aromatic ring is 1. The summed E-state index contributed by atoms with van der Waals surface area (Å²) in [6, 6.07) is 0. The first-order chi connectivity index (χ1) is 6.58. The average molecular weight is 213 g/mol. The van der Waals surface area contributed by atoms with Crippen molar-refractivity contribution in [3.63, 3.8) is 0 Å². The Hall–Kier alpha value is -1.83. The number of rotatable bonds is 0. The van der Waals surface area contributed by atoms with Gasteiger partial charge in [0.15, 0.2) is 5.65 Å². The Morgan fingerprint density at radius 3 is 3.00 bits per heavy atom. The van der Waals surface area contributed by atoms with Crippen LogP contribution in [0.2, 0.25) is 0 Å². The van der Waals surface area contributed by atoms with Crippen molar-refractivity contribution >= 4 is 23.4 Å². The van der Waals surface area contributed by atoms with Gasteiger partial charge in [-0.2, -0.15) is 9.37 Å². The number of halogens is 1. The van der Waals surface area contributed by atoms with E-state index in [0.29, 0.717) is 0 Å². The van der Waals surface area contributed by atoms with E-state index in [1.54, 1.807) is 0 Å². The van der Waals surface area contributed by atoms with Crippen LogP contribution in [-0.4, -0.2) is 19.6 Å². The summed E-state index contributed by atoms with van der Waals surface area (Å²) in [7, 11) is 0. The zero-order chi connectivity index (χ0) is 10.3. The predicted octanol–water partition coefficient (Wildman–Crippen LogP) is -0.298. The summed E-state index contributed by atoms with van der Waals surface area (Å²) in [6.45, 7) is 0. The highest BCUT2D eigenvalue weighted by atomic mass is 32.1. The third kappa shape index (κ3) is 1.25. The van der Waals surface area contributed by atoms with E-state index >= 15 is 0 Å². The maximum atomic E-state index is 12.7. The molecule has 0 aromatic carbocycles. The Morgan fingerprint density at radius 1 is 1.57 bits per heavy atom. The van der Waals surface area contributed by atoms with E-state index in [4.69, 9.17) is 18.1 Å². The Morgan fingerprint density at radius 2 is 2.29 bits per heavy atom. The first-order valence-electron chi connectivity index (χ1n) is 3.52. The van der Waals surface area contributed by atoms with E-state index in [1.165, 1.54) is 6.20 Å². The van der Waals surface area contributed by atoms with Gasteiger partial charge in [0.25, 0.3) is 5.95 Å². The molecular weight excluding hydrogens is 209 g/mol. The highest BCUT2D eigenvalue weighted by Crippen LogP contribution is 2.01. The largest absolute Gasteiger partial charge is 0.337 e. The molecule has 0 aliphatic carbocycles. The summed E-state index contributed by atoms with van der Waals surface area (Å²) in [4.78, 5) is 20.1. The number of nitrogens with one attached hydrogen (secondary N) is 1. The molecule has 3 N–H and O–H groups in total. The van der Waals surface area contributed by atoms with Gasteiger partial charge in [-0.3, -0.25) is 4.79 Å². The maximum absolute atomic E-state index is 12.7. The van der Waals surface area contributed by atoms with E-state index < -0.39 is 11.5 Å². The highest BCUT2D eigenvalue weighted by Gasteiger charge is 2.04. The van der Waals surface area contributed by atoms with E-state index in [9.17, 15) is 9.18 Å². The molecule has 6 nitrogen and oxygen atoms in total. The third-order valence-corrected chi connectivity index (χ3v) is 1.87. The molecule has 14 heavy (non-hydrogen) atoms. The van der Waals surface area contributed by atoms with E-state index in [-0.39, 0.29) is 15.9 Å². The van der Waals surface area contributed by atoms with Gasteiger partial charge >= 0.3 is 5.56 Å². The van der Waals surface area contributed by atoms with Gasteiger partial charge in [-0.25, -0.2) is 9.66 Å². The quantitative estimate of drug-likeness (QED) is 0.463. The number of aromatic amines is 1. The van der Waals surface area contributed by atoms with Crippen LogP contribution >= 0.6 is 12.2 Å². The summed E-state index contributed by atoms with van der Waals surface area (Å²) in [5, 5.41) is 0. The molecule has 2 aromatic rings. The van der Waals surface area contributed by atoms with Crippen molar-refractivity contribution in [1.82, 2.24) is 19.6 Å². The second-order valence-corrected chi connectivity index (χ2v) is 2.89. The van der Waals surface area contributed by atoms with Gasteiger partial charge in [-0.05, 0) is 12.2 Å². The minimum absolute atomic E-state index is 0.0709. The topological polar surface area (TPSA) is 89.6 Å². The van der Waals surface area contributed by atoms with Crippen LogP contribution in [-0.2, 0) is 0 Å². The standard InChI is InChI=1S/C6H4FN5OS/c7-3-5(13)10-4-2(9-3)1-12(8)6(14)11-4/h1H,8H2,(H,10,11,13,14). The number of nitrogens with zero attached hydrogens (tertiary/aromatic N) is 3. The summed E-state index contributed by atoms with van der Waals surface area (Å²) in [6.07, 6.45) is 1.28. The van der Waals surface area contributed by atoms with Crippen LogP contribution in [0.15, 0.2) is 11.0 Å². The normalized spacial score (nSPS) is 10.6. The number of hydrogen-bond donors (Lipinski definition) is 2. The molecule has 2 aromatic heterocycles. The summed E-state index contributed by atoms with van der Waals surface area (Å²) in [5.41, 5.74) is -0.685. The van der Waals surface area contributed by atoms with Crippen LogP contribution in [0.5, 0.6) is 0 Å². The zero-order valence-electron chi connectivity index (χ0n) is 6.69. The van der Waals surface area contributed by atoms with Crippen LogP contribution < -0.4 is 11.4 Å². The lowest BCUT2D eigenvalue weighted by Crippen LogP contribution is -2.17. The average Bonchev–Trinajstić information content (AvgIpc) is 2.11. The maximum Gasteiger partial charge on any atom is 0.305 e. The fourth-order valence-electron chi connectivity index (χ4n) is 0.948. The van der Waals surface area contributed by atoms with Crippen LogP contribution in [0.1, 0.15) is 0 Å². The first kappa shape index (κ1) is 8.75. The lowest BCUT2D eigenvalue weighted by molar-refractivity contribution is 0.569. The number of nitrogens with two attached hydrogens (primary N) is 1. The van der Waals surface area contributed by atoms with E-state index in [2.05, 4.69) is 15.0 Å². The number of fused-ring (bicyclic) bond motifs is 1. The lowest BCUT2D eigenvalue weighted by atomic mass is 10.5. The molecule has 0 amide bonds. The van der Waals surface area contributed by atoms with Crippen molar-refractivity contribution in [2.45, 2.75) is 0 Å². The Balaban J connectivity index is 2.97. The molecular formula is C6H4FN5OS. The van der Waals surface area contributed by atoms with E-state index in [1.807, 2.05) is 0 Å². The molecule has 0 fully saturated rings. The van der Waals surface area contributed by atoms with Gasteiger partial charge in [0.2, 0.25) is 4.77 Å². The second-order valence-electron chi connectivity index (χ2n) is 2.52. The smallest absolute Gasteiger partial charge is 0.305 e. The molecule has 0 aliphatic heterocycles. The molecule has 0 saturated heterocycles. The van der Waals surface area contributed by atoms with Crippen molar-refractivity contribution in [3.05, 3.63) is 27.3 Å². The van der Waals surface area contributed by atoms with Crippen molar-refractivity contribution in [1.29, 1.82) is 0 Å². The summed E-state index contributed by atoms with van der Waals surface area (Å²) < 4.78 is 13.8. The van der Waals surface area contributed by atoms with Gasteiger partial charge in [0.05, 0.1) is 6.20 Å². The molecule has 0 unspecified atom stereocenters. The minimum Gasteiger partial charge on any atom is -0.337 e. The van der Waals surface area contributed by atoms with Crippen LogP contribution in [0.4, 0.5) is 4.39 Å². The van der Waals surface area contributed by atoms with Gasteiger partial charge in [0, 0.05) is 0 Å². The fraction of sp³-hybridized carbons (Fsp3) is 0. The molecule has 0 radical (unpaired) electrons. The van der Waals surface area contributed by atoms with Crippen LogP contribution in [0.3, 0.4) is 0 Å². The van der Waals surface area contributed by atoms with Gasteiger partial charge in [0.1, 0.15) is 5.52 Å². The molecule has 72 valence electrons. The molecule has 0 atom stereocenters. The van der Waals surface area contributed by atoms with E-state index in [0.717, 1.165) is 4.68 Å². The Bertz CT molecular complexity index is 567. The van der Waals surface area contributed by atoms with Crippen molar-refractivity contribution in [3.8, 4) is 0 Å². The molecule has 2 heterocycles. The van der Waals surface area contributed by atoms with Gasteiger partial charge in [-0.1, -0.05) is 0 Å². The fourth-order valence-corrected chi connectivity index (χ4v) is 1.09. The lowest BCUT2D eigenvalue weighted by Gasteiger charge is -1.99. The Kier molecular flexibility index (Phi) is 1.78. The van der Waals surface area contributed by atoms with Crippen LogP contribution in [0, 0.1) is 10.7 Å². The monoisotopic (exact) mass is 213 g/mol. The minimum atomic E-state index is -1.13. The first-order valence-corrected chi connectivity index (χ1v) is 3.93.